The molecule has 2 bridgehead atoms. The van der Waals surface area contributed by atoms with Gasteiger partial charge in [-0.2, -0.15) is 4.98 Å². The van der Waals surface area contributed by atoms with Gasteiger partial charge in [-0.05, 0) is 72.9 Å². The smallest absolute Gasteiger partial charge is 0.330 e. The fourth-order valence-electron chi connectivity index (χ4n) is 5.45. The zero-order chi connectivity index (χ0) is 22.7. The molecule has 2 heterocycles. The summed E-state index contributed by atoms with van der Waals surface area (Å²) in [6.45, 7) is 4.03. The van der Waals surface area contributed by atoms with Crippen LogP contribution in [0.25, 0.3) is 6.08 Å². The van der Waals surface area contributed by atoms with Gasteiger partial charge >= 0.3 is 5.97 Å². The topological polar surface area (TPSA) is 89.7 Å². The Morgan fingerprint density at radius 1 is 1.18 bits per heavy atom. The van der Waals surface area contributed by atoms with Crippen LogP contribution >= 0.6 is 0 Å². The van der Waals surface area contributed by atoms with E-state index >= 15 is 0 Å². The molecule has 0 atom stereocenters. The fraction of sp³-hybridized carbons (Fsp3) is 0.560. The maximum Gasteiger partial charge on any atom is 0.330 e. The minimum atomic E-state index is -0.349. The molecular formula is C25H32N4O4. The number of morpholine rings is 1. The van der Waals surface area contributed by atoms with E-state index in [4.69, 9.17) is 14.2 Å². The van der Waals surface area contributed by atoms with Crippen LogP contribution in [0, 0.1) is 5.41 Å². The van der Waals surface area contributed by atoms with Crippen LogP contribution in [0.4, 0.5) is 11.6 Å². The molecule has 1 N–H and O–H groups in total. The molecule has 3 aliphatic carbocycles. The van der Waals surface area contributed by atoms with E-state index in [9.17, 15) is 4.79 Å². The molecule has 8 nitrogen and oxygen atoms in total. The number of rotatable bonds is 7. The molecular weight excluding hydrogens is 420 g/mol. The van der Waals surface area contributed by atoms with Crippen molar-refractivity contribution in [2.24, 2.45) is 5.41 Å². The highest BCUT2D eigenvalue weighted by Crippen LogP contribution is 2.57. The minimum absolute atomic E-state index is 0.0396. The summed E-state index contributed by atoms with van der Waals surface area (Å²) >= 11 is 0. The highest BCUT2D eigenvalue weighted by atomic mass is 16.5. The summed E-state index contributed by atoms with van der Waals surface area (Å²) in [5.74, 6) is 1.20. The second-order valence-corrected chi connectivity index (χ2v) is 9.61. The molecule has 0 amide bonds. The lowest BCUT2D eigenvalue weighted by Gasteiger charge is -2.52. The Morgan fingerprint density at radius 2 is 1.94 bits per heavy atom. The number of anilines is 2. The lowest BCUT2D eigenvalue weighted by Crippen LogP contribution is -2.47. The summed E-state index contributed by atoms with van der Waals surface area (Å²) in [6.07, 6.45) is 10.0. The Hall–Kier alpha value is -2.87. The van der Waals surface area contributed by atoms with Crippen molar-refractivity contribution < 1.29 is 18.8 Å². The first-order valence-electron chi connectivity index (χ1n) is 11.9. The number of methoxy groups -OCH3 is 1. The zero-order valence-corrected chi connectivity index (χ0v) is 19.2. The highest BCUT2D eigenvalue weighted by molar-refractivity contribution is 5.87. The number of hydrogen-bond acceptors (Lipinski definition) is 8. The number of carbonyl (C=O) groups is 1. The molecule has 33 heavy (non-hydrogen) atoms. The molecule has 3 saturated carbocycles. The normalized spacial score (nSPS) is 27.1. The number of nitrogens with zero attached hydrogens (tertiary/aromatic N) is 3. The van der Waals surface area contributed by atoms with Crippen LogP contribution in [0.1, 0.15) is 50.0 Å². The Balaban J connectivity index is 1.19. The average Bonchev–Trinajstić information content (AvgIpc) is 3.39. The predicted molar refractivity (Wildman–Crippen MR) is 125 cm³/mol. The number of benzene rings is 1. The molecule has 1 aliphatic heterocycles. The molecule has 4 aliphatic rings. The number of carbonyl (C=O) groups excluding carboxylic acids is 1. The van der Waals surface area contributed by atoms with Crippen LogP contribution in [0.15, 0.2) is 34.9 Å². The van der Waals surface area contributed by atoms with Gasteiger partial charge in [-0.1, -0.05) is 12.1 Å². The number of nitrogens with one attached hydrogen (secondary N) is 1. The van der Waals surface area contributed by atoms with E-state index in [1.807, 2.05) is 12.1 Å². The summed E-state index contributed by atoms with van der Waals surface area (Å²) in [7, 11) is 1.38. The lowest BCUT2D eigenvalue weighted by molar-refractivity contribution is -0.134. The van der Waals surface area contributed by atoms with Gasteiger partial charge in [-0.15, -0.1) is 0 Å². The van der Waals surface area contributed by atoms with E-state index in [-0.39, 0.29) is 11.4 Å². The summed E-state index contributed by atoms with van der Waals surface area (Å²) in [6, 6.07) is 8.13. The molecule has 2 aromatic rings. The van der Waals surface area contributed by atoms with E-state index < -0.39 is 0 Å². The summed E-state index contributed by atoms with van der Waals surface area (Å²) in [4.78, 5) is 18.3. The number of fused-ring (bicyclic) bond motifs is 3. The molecule has 1 aromatic heterocycles. The van der Waals surface area contributed by atoms with Gasteiger partial charge < -0.3 is 24.2 Å². The van der Waals surface area contributed by atoms with Crippen molar-refractivity contribution >= 4 is 23.7 Å². The predicted octanol–water partition coefficient (Wildman–Crippen LogP) is 3.80. The molecule has 0 radical (unpaired) electrons. The third-order valence-electron chi connectivity index (χ3n) is 7.73. The van der Waals surface area contributed by atoms with Crippen molar-refractivity contribution in [2.45, 2.75) is 43.9 Å². The third kappa shape index (κ3) is 4.62. The third-order valence-corrected chi connectivity index (χ3v) is 7.73. The molecule has 176 valence electrons. The van der Waals surface area contributed by atoms with Crippen LogP contribution in [0.2, 0.25) is 0 Å². The average molecular weight is 453 g/mol. The van der Waals surface area contributed by atoms with Crippen LogP contribution < -0.4 is 10.2 Å². The van der Waals surface area contributed by atoms with Crippen molar-refractivity contribution in [1.29, 1.82) is 0 Å². The number of ether oxygens (including phenoxy) is 2. The maximum atomic E-state index is 11.4. The second-order valence-electron chi connectivity index (χ2n) is 9.61. The first kappa shape index (κ1) is 21.9. The second kappa shape index (κ2) is 9.17. The van der Waals surface area contributed by atoms with Gasteiger partial charge in [0.15, 0.2) is 0 Å². The molecule has 8 heteroatoms. The van der Waals surface area contributed by atoms with Crippen molar-refractivity contribution in [1.82, 2.24) is 10.1 Å². The van der Waals surface area contributed by atoms with E-state index in [1.165, 1.54) is 13.2 Å². The summed E-state index contributed by atoms with van der Waals surface area (Å²) in [5.41, 5.74) is 2.40. The van der Waals surface area contributed by atoms with E-state index in [0.29, 0.717) is 11.4 Å². The van der Waals surface area contributed by atoms with Crippen LogP contribution in [-0.4, -0.2) is 56.1 Å². The first-order chi connectivity index (χ1) is 16.1. The standard InChI is InChI=1S/C25H32N4O4/c1-31-21(30)6-5-19-3-2-4-20(17-19)26-18-24-7-10-25(11-8-24,12-9-24)22-27-23(28-33-22)29-13-15-32-16-14-29/h2-6,17,26H,7-16,18H2,1H3/b6-5+. The van der Waals surface area contributed by atoms with Crippen molar-refractivity contribution in [3.63, 3.8) is 0 Å². The minimum Gasteiger partial charge on any atom is -0.466 e. The van der Waals surface area contributed by atoms with Gasteiger partial charge in [-0.25, -0.2) is 4.79 Å². The molecule has 1 aromatic carbocycles. The van der Waals surface area contributed by atoms with Gasteiger partial charge in [0.2, 0.25) is 5.89 Å². The van der Waals surface area contributed by atoms with Gasteiger partial charge in [0.1, 0.15) is 0 Å². The zero-order valence-electron chi connectivity index (χ0n) is 19.2. The quantitative estimate of drug-likeness (QED) is 0.501. The first-order valence-corrected chi connectivity index (χ1v) is 11.9. The SMILES string of the molecule is COC(=O)/C=C/c1cccc(NCC23CCC(c4nc(N5CCOCC5)no4)(CC2)CC3)c1. The summed E-state index contributed by atoms with van der Waals surface area (Å²) in [5, 5.41) is 7.95. The van der Waals surface area contributed by atoms with Gasteiger partial charge in [0, 0.05) is 36.8 Å². The Labute approximate surface area is 194 Å². The molecule has 6 rings (SSSR count). The molecule has 0 unspecified atom stereocenters. The van der Waals surface area contributed by atoms with Crippen LogP contribution in [0.5, 0.6) is 0 Å². The number of aromatic nitrogens is 2. The molecule has 1 saturated heterocycles. The summed E-state index contributed by atoms with van der Waals surface area (Å²) < 4.78 is 15.9. The van der Waals surface area contributed by atoms with E-state index in [2.05, 4.69) is 32.2 Å². The molecule has 4 fully saturated rings. The number of esters is 1. The van der Waals surface area contributed by atoms with Crippen LogP contribution in [-0.2, 0) is 19.7 Å². The Kier molecular flexibility index (Phi) is 6.10. The van der Waals surface area contributed by atoms with Gasteiger partial charge in [0.25, 0.3) is 5.95 Å². The maximum absolute atomic E-state index is 11.4. The van der Waals surface area contributed by atoms with Crippen LogP contribution in [0.3, 0.4) is 0 Å². The Bertz CT molecular complexity index is 987. The van der Waals surface area contributed by atoms with Crippen molar-refractivity contribution in [3.05, 3.63) is 41.8 Å². The Morgan fingerprint density at radius 3 is 2.67 bits per heavy atom. The monoisotopic (exact) mass is 452 g/mol. The van der Waals surface area contributed by atoms with Crippen molar-refractivity contribution in [3.8, 4) is 0 Å². The van der Waals surface area contributed by atoms with E-state index in [0.717, 1.165) is 88.5 Å². The van der Waals surface area contributed by atoms with E-state index in [1.54, 1.807) is 6.08 Å². The lowest BCUT2D eigenvalue weighted by atomic mass is 9.53. The highest BCUT2D eigenvalue weighted by Gasteiger charge is 2.52. The largest absolute Gasteiger partial charge is 0.466 e. The number of hydrogen-bond donors (Lipinski definition) is 1. The molecule has 0 spiro atoms. The van der Waals surface area contributed by atoms with Gasteiger partial charge in [0.05, 0.1) is 20.3 Å². The van der Waals surface area contributed by atoms with Gasteiger partial charge in [-0.3, -0.25) is 0 Å². The fourth-order valence-corrected chi connectivity index (χ4v) is 5.45. The van der Waals surface area contributed by atoms with Crippen molar-refractivity contribution in [2.75, 3.05) is 50.2 Å².